The van der Waals surface area contributed by atoms with Gasteiger partial charge in [-0.2, -0.15) is 0 Å². The molecule has 0 aromatic heterocycles. The summed E-state index contributed by atoms with van der Waals surface area (Å²) in [6.45, 7) is 6.00. The molecule has 0 bridgehead atoms. The van der Waals surface area contributed by atoms with Gasteiger partial charge in [-0.25, -0.2) is 0 Å². The Morgan fingerprint density at radius 3 is 2.70 bits per heavy atom. The van der Waals surface area contributed by atoms with Crippen molar-refractivity contribution in [2.75, 3.05) is 33.4 Å². The largest absolute Gasteiger partial charge is 0.383 e. The average Bonchev–Trinajstić information content (AvgIpc) is 3.00. The van der Waals surface area contributed by atoms with E-state index < -0.39 is 0 Å². The number of hydrogen-bond acceptors (Lipinski definition) is 3. The second-order valence-corrected chi connectivity index (χ2v) is 6.01. The summed E-state index contributed by atoms with van der Waals surface area (Å²) in [5.41, 5.74) is 2.32. The minimum Gasteiger partial charge on any atom is -0.383 e. The van der Waals surface area contributed by atoms with Gasteiger partial charge in [-0.15, -0.1) is 0 Å². The monoisotopic (exact) mass is 318 g/mol. The van der Waals surface area contributed by atoms with Gasteiger partial charge in [0.2, 0.25) is 11.8 Å². The van der Waals surface area contributed by atoms with Crippen LogP contribution in [0.15, 0.2) is 24.3 Å². The van der Waals surface area contributed by atoms with Crippen molar-refractivity contribution in [1.82, 2.24) is 10.2 Å². The third-order valence-electron chi connectivity index (χ3n) is 4.51. The molecule has 0 radical (unpaired) electrons. The van der Waals surface area contributed by atoms with Crippen molar-refractivity contribution in [3.8, 4) is 0 Å². The van der Waals surface area contributed by atoms with E-state index in [0.29, 0.717) is 32.7 Å². The fourth-order valence-corrected chi connectivity index (χ4v) is 3.22. The summed E-state index contributed by atoms with van der Waals surface area (Å²) in [5, 5.41) is 2.92. The van der Waals surface area contributed by atoms with Gasteiger partial charge in [0.1, 0.15) is 0 Å². The SMILES string of the molecule is CCC(=O)N1CC(C(=O)NCCOC)C(c2ccccc2C)C1. The van der Waals surface area contributed by atoms with Crippen LogP contribution in [0, 0.1) is 12.8 Å². The number of amides is 2. The van der Waals surface area contributed by atoms with Gasteiger partial charge in [0.25, 0.3) is 0 Å². The number of methoxy groups -OCH3 is 1. The first-order valence-electron chi connectivity index (χ1n) is 8.18. The summed E-state index contributed by atoms with van der Waals surface area (Å²) in [5.74, 6) is -0.0461. The molecule has 5 heteroatoms. The highest BCUT2D eigenvalue weighted by atomic mass is 16.5. The molecule has 2 unspecified atom stereocenters. The maximum atomic E-state index is 12.6. The first-order chi connectivity index (χ1) is 11.1. The van der Waals surface area contributed by atoms with Crippen LogP contribution in [0.5, 0.6) is 0 Å². The van der Waals surface area contributed by atoms with Crippen LogP contribution in [0.3, 0.4) is 0 Å². The van der Waals surface area contributed by atoms with Crippen molar-refractivity contribution in [3.05, 3.63) is 35.4 Å². The standard InChI is InChI=1S/C18H26N2O3/c1-4-17(21)20-11-15(14-8-6-5-7-13(14)2)16(12-20)18(22)19-9-10-23-3/h5-8,15-16H,4,9-12H2,1-3H3,(H,19,22). The lowest BCUT2D eigenvalue weighted by molar-refractivity contribution is -0.130. The Morgan fingerprint density at radius 2 is 2.04 bits per heavy atom. The van der Waals surface area contributed by atoms with Crippen LogP contribution in [-0.2, 0) is 14.3 Å². The molecule has 0 spiro atoms. The molecule has 2 amide bonds. The average molecular weight is 318 g/mol. The number of rotatable bonds is 6. The Kier molecular flexibility index (Phi) is 6.16. The first kappa shape index (κ1) is 17.5. The number of hydrogen-bond donors (Lipinski definition) is 1. The maximum absolute atomic E-state index is 12.6. The van der Waals surface area contributed by atoms with Gasteiger partial charge in [-0.1, -0.05) is 31.2 Å². The Bertz CT molecular complexity index is 559. The molecular weight excluding hydrogens is 292 g/mol. The summed E-state index contributed by atoms with van der Waals surface area (Å²) < 4.78 is 4.98. The highest BCUT2D eigenvalue weighted by Crippen LogP contribution is 2.34. The van der Waals surface area contributed by atoms with E-state index in [1.165, 1.54) is 0 Å². The summed E-state index contributed by atoms with van der Waals surface area (Å²) in [6, 6.07) is 8.11. The summed E-state index contributed by atoms with van der Waals surface area (Å²) in [4.78, 5) is 26.5. The van der Waals surface area contributed by atoms with Crippen molar-refractivity contribution in [2.45, 2.75) is 26.2 Å². The molecule has 2 atom stereocenters. The van der Waals surface area contributed by atoms with Gasteiger partial charge in [0.05, 0.1) is 12.5 Å². The zero-order valence-electron chi connectivity index (χ0n) is 14.2. The maximum Gasteiger partial charge on any atom is 0.225 e. The molecule has 1 fully saturated rings. The van der Waals surface area contributed by atoms with E-state index in [1.807, 2.05) is 24.0 Å². The fourth-order valence-electron chi connectivity index (χ4n) is 3.22. The third kappa shape index (κ3) is 4.10. The Balaban J connectivity index is 2.19. The molecule has 1 N–H and O–H groups in total. The topological polar surface area (TPSA) is 58.6 Å². The third-order valence-corrected chi connectivity index (χ3v) is 4.51. The number of carbonyl (C=O) groups excluding carboxylic acids is 2. The lowest BCUT2D eigenvalue weighted by Gasteiger charge is -2.19. The number of likely N-dealkylation sites (tertiary alicyclic amines) is 1. The lowest BCUT2D eigenvalue weighted by atomic mass is 9.86. The van der Waals surface area contributed by atoms with Gasteiger partial charge in [0, 0.05) is 39.1 Å². The van der Waals surface area contributed by atoms with Crippen LogP contribution in [0.4, 0.5) is 0 Å². The van der Waals surface area contributed by atoms with E-state index in [2.05, 4.69) is 24.4 Å². The van der Waals surface area contributed by atoms with Gasteiger partial charge >= 0.3 is 0 Å². The molecular formula is C18H26N2O3. The molecule has 126 valence electrons. The summed E-state index contributed by atoms with van der Waals surface area (Å²) in [7, 11) is 1.61. The second-order valence-electron chi connectivity index (χ2n) is 6.01. The van der Waals surface area contributed by atoms with Crippen molar-refractivity contribution >= 4 is 11.8 Å². The molecule has 2 rings (SSSR count). The molecule has 5 nitrogen and oxygen atoms in total. The number of nitrogens with one attached hydrogen (secondary N) is 1. The minimum absolute atomic E-state index is 0.00158. The number of carbonyl (C=O) groups is 2. The fraction of sp³-hybridized carbons (Fsp3) is 0.556. The molecule has 1 aliphatic rings. The van der Waals surface area contributed by atoms with Gasteiger partial charge < -0.3 is 15.0 Å². The van der Waals surface area contributed by atoms with Crippen LogP contribution in [0.2, 0.25) is 0 Å². The van der Waals surface area contributed by atoms with Gasteiger partial charge in [-0.3, -0.25) is 9.59 Å². The molecule has 0 aliphatic carbocycles. The quantitative estimate of drug-likeness (QED) is 0.812. The first-order valence-corrected chi connectivity index (χ1v) is 8.18. The van der Waals surface area contributed by atoms with Crippen LogP contribution in [0.25, 0.3) is 0 Å². The van der Waals surface area contributed by atoms with E-state index in [0.717, 1.165) is 11.1 Å². The molecule has 1 aromatic rings. The molecule has 1 saturated heterocycles. The number of benzene rings is 1. The van der Waals surface area contributed by atoms with Crippen LogP contribution >= 0.6 is 0 Å². The molecule has 1 aromatic carbocycles. The highest BCUT2D eigenvalue weighted by Gasteiger charge is 2.40. The van der Waals surface area contributed by atoms with Gasteiger partial charge in [-0.05, 0) is 18.1 Å². The molecule has 1 heterocycles. The molecule has 23 heavy (non-hydrogen) atoms. The van der Waals surface area contributed by atoms with Crippen LogP contribution < -0.4 is 5.32 Å². The van der Waals surface area contributed by atoms with E-state index in [-0.39, 0.29) is 23.7 Å². The number of nitrogens with zero attached hydrogens (tertiary/aromatic N) is 1. The van der Waals surface area contributed by atoms with E-state index in [4.69, 9.17) is 4.74 Å². The lowest BCUT2D eigenvalue weighted by Crippen LogP contribution is -2.37. The van der Waals surface area contributed by atoms with E-state index in [1.54, 1.807) is 7.11 Å². The second kappa shape index (κ2) is 8.11. The number of aryl methyl sites for hydroxylation is 1. The van der Waals surface area contributed by atoms with Crippen molar-refractivity contribution in [3.63, 3.8) is 0 Å². The smallest absolute Gasteiger partial charge is 0.225 e. The van der Waals surface area contributed by atoms with Gasteiger partial charge in [0.15, 0.2) is 0 Å². The highest BCUT2D eigenvalue weighted by molar-refractivity contribution is 5.83. The van der Waals surface area contributed by atoms with E-state index in [9.17, 15) is 9.59 Å². The molecule has 1 aliphatic heterocycles. The number of ether oxygens (including phenoxy) is 1. The normalized spacial score (nSPS) is 20.6. The Morgan fingerprint density at radius 1 is 1.30 bits per heavy atom. The Labute approximate surface area is 138 Å². The predicted molar refractivity (Wildman–Crippen MR) is 89.2 cm³/mol. The van der Waals surface area contributed by atoms with E-state index >= 15 is 0 Å². The summed E-state index contributed by atoms with van der Waals surface area (Å²) in [6.07, 6.45) is 0.471. The zero-order valence-corrected chi connectivity index (χ0v) is 14.2. The zero-order chi connectivity index (χ0) is 16.8. The van der Waals surface area contributed by atoms with Crippen molar-refractivity contribution in [2.24, 2.45) is 5.92 Å². The summed E-state index contributed by atoms with van der Waals surface area (Å²) >= 11 is 0. The van der Waals surface area contributed by atoms with Crippen molar-refractivity contribution < 1.29 is 14.3 Å². The van der Waals surface area contributed by atoms with Crippen LogP contribution in [-0.4, -0.2) is 50.1 Å². The van der Waals surface area contributed by atoms with Crippen molar-refractivity contribution in [1.29, 1.82) is 0 Å². The van der Waals surface area contributed by atoms with Crippen LogP contribution in [0.1, 0.15) is 30.4 Å². The minimum atomic E-state index is -0.205. The molecule has 0 saturated carbocycles. The Hall–Kier alpha value is -1.88. The predicted octanol–water partition coefficient (Wildman–Crippen LogP) is 1.71.